The van der Waals surface area contributed by atoms with Gasteiger partial charge in [-0.1, -0.05) is 13.3 Å². The van der Waals surface area contributed by atoms with E-state index < -0.39 is 42.0 Å². The van der Waals surface area contributed by atoms with Crippen molar-refractivity contribution in [2.75, 3.05) is 19.8 Å². The summed E-state index contributed by atoms with van der Waals surface area (Å²) in [5.74, 6) is 0.245. The maximum absolute atomic E-state index is 12.8. The van der Waals surface area contributed by atoms with Gasteiger partial charge in [-0.15, -0.1) is 11.8 Å². The molecule has 2 aliphatic rings. The number of carbonyl (C=O) groups is 1. The van der Waals surface area contributed by atoms with Gasteiger partial charge in [0.05, 0.1) is 18.2 Å². The van der Waals surface area contributed by atoms with E-state index in [9.17, 15) is 25.2 Å². The Bertz CT molecular complexity index is 494. The summed E-state index contributed by atoms with van der Waals surface area (Å²) < 4.78 is 5.72. The molecule has 0 aromatic rings. The van der Waals surface area contributed by atoms with Crippen molar-refractivity contribution >= 4 is 17.7 Å². The third-order valence-electron chi connectivity index (χ3n) is 5.66. The van der Waals surface area contributed by atoms with Gasteiger partial charge in [-0.2, -0.15) is 0 Å². The van der Waals surface area contributed by atoms with Crippen LogP contribution in [0.15, 0.2) is 0 Å². The van der Waals surface area contributed by atoms with Gasteiger partial charge in [-0.25, -0.2) is 0 Å². The monoisotopic (exact) mass is 406 g/mol. The molecule has 2 rings (SSSR count). The van der Waals surface area contributed by atoms with Gasteiger partial charge in [0.2, 0.25) is 5.91 Å². The average Bonchev–Trinajstić information content (AvgIpc) is 2.99. The normalized spacial score (nSPS) is 39.9. The third-order valence-corrected chi connectivity index (χ3v) is 6.51. The first-order valence-electron chi connectivity index (χ1n) is 9.62. The molecule has 27 heavy (non-hydrogen) atoms. The summed E-state index contributed by atoms with van der Waals surface area (Å²) in [6.45, 7) is 4.48. The van der Waals surface area contributed by atoms with Crippen LogP contribution in [0.4, 0.5) is 0 Å². The minimum atomic E-state index is -1.42. The number of ether oxygens (including phenoxy) is 1. The number of likely N-dealkylation sites (N-methyl/N-ethyl adjacent to an activating group) is 1. The molecule has 0 aliphatic carbocycles. The van der Waals surface area contributed by atoms with Gasteiger partial charge >= 0.3 is 0 Å². The van der Waals surface area contributed by atoms with Crippen LogP contribution in [0.2, 0.25) is 0 Å². The molecule has 9 atom stereocenters. The minimum Gasteiger partial charge on any atom is -0.391 e. The summed E-state index contributed by atoms with van der Waals surface area (Å²) in [4.78, 5) is 14.9. The molecule has 158 valence electrons. The molecule has 1 amide bonds. The number of likely N-dealkylation sites (tertiary alicyclic amines) is 1. The van der Waals surface area contributed by atoms with E-state index in [1.807, 2.05) is 11.9 Å². The molecule has 2 aliphatic heterocycles. The van der Waals surface area contributed by atoms with Crippen LogP contribution in [0, 0.1) is 5.92 Å². The van der Waals surface area contributed by atoms with Gasteiger partial charge in [0.15, 0.2) is 0 Å². The maximum atomic E-state index is 12.8. The Labute approximate surface area is 165 Å². The third kappa shape index (κ3) is 5.14. The maximum Gasteiger partial charge on any atom is 0.237 e. The lowest BCUT2D eigenvalue weighted by Crippen LogP contribution is -2.65. The van der Waals surface area contributed by atoms with E-state index in [4.69, 9.17) is 4.74 Å². The minimum absolute atomic E-state index is 0.223. The zero-order valence-corrected chi connectivity index (χ0v) is 17.3. The molecule has 0 aromatic carbocycles. The van der Waals surface area contributed by atoms with Crippen LogP contribution in [-0.4, -0.2) is 99.1 Å². The van der Waals surface area contributed by atoms with Crippen molar-refractivity contribution in [3.8, 4) is 0 Å². The number of hydrogen-bond acceptors (Lipinski definition) is 8. The summed E-state index contributed by atoms with van der Waals surface area (Å²) in [5.41, 5.74) is -0.755. The van der Waals surface area contributed by atoms with Crippen LogP contribution in [0.3, 0.4) is 0 Å². The fraction of sp³-hybridized carbons (Fsp3) is 0.944. The smallest absolute Gasteiger partial charge is 0.237 e. The van der Waals surface area contributed by atoms with E-state index in [1.165, 1.54) is 18.7 Å². The van der Waals surface area contributed by atoms with E-state index in [2.05, 4.69) is 12.2 Å². The van der Waals surface area contributed by atoms with Crippen molar-refractivity contribution in [2.45, 2.75) is 81.1 Å². The molecule has 5 N–H and O–H groups in total. The SMILES string of the molecule is CCC[C@@H]1C[C@@H](C(=O)N[C@@H](C(C)O)[C@H]2O[C@H](SC)[C@H](O)[C@@H](O)[C@H]2O)N(C)C1. The van der Waals surface area contributed by atoms with Crippen molar-refractivity contribution in [3.63, 3.8) is 0 Å². The predicted molar refractivity (Wildman–Crippen MR) is 103 cm³/mol. The highest BCUT2D eigenvalue weighted by atomic mass is 32.2. The van der Waals surface area contributed by atoms with E-state index in [-0.39, 0.29) is 11.9 Å². The van der Waals surface area contributed by atoms with Crippen molar-refractivity contribution in [1.82, 2.24) is 10.2 Å². The van der Waals surface area contributed by atoms with Crippen molar-refractivity contribution < 1.29 is 30.0 Å². The van der Waals surface area contributed by atoms with Crippen molar-refractivity contribution in [2.24, 2.45) is 5.92 Å². The second-order valence-corrected chi connectivity index (χ2v) is 8.73. The highest BCUT2D eigenvalue weighted by Crippen LogP contribution is 2.30. The van der Waals surface area contributed by atoms with Crippen LogP contribution in [0.5, 0.6) is 0 Å². The number of aliphatic hydroxyl groups excluding tert-OH is 4. The van der Waals surface area contributed by atoms with Crippen molar-refractivity contribution in [1.29, 1.82) is 0 Å². The van der Waals surface area contributed by atoms with Gasteiger partial charge in [-0.3, -0.25) is 9.69 Å². The van der Waals surface area contributed by atoms with Crippen LogP contribution in [-0.2, 0) is 9.53 Å². The molecule has 0 saturated carbocycles. The average molecular weight is 407 g/mol. The standard InChI is InChI=1S/C18H34N2O6S/c1-5-6-10-7-11(20(3)8-10)17(25)19-12(9(2)21)16-14(23)13(22)15(24)18(26-16)27-4/h9-16,18,21-24H,5-8H2,1-4H3,(H,19,25)/t9?,10-,11+,12+,13+,14-,15-,16-,18-/m1/s1. The fourth-order valence-corrected chi connectivity index (χ4v) is 4.81. The Morgan fingerprint density at radius 2 is 1.96 bits per heavy atom. The van der Waals surface area contributed by atoms with Crippen LogP contribution < -0.4 is 5.32 Å². The molecule has 0 bridgehead atoms. The first-order valence-corrected chi connectivity index (χ1v) is 10.9. The Kier molecular flexibility index (Phi) is 8.35. The van der Waals surface area contributed by atoms with Gasteiger partial charge in [-0.05, 0) is 39.0 Å². The number of nitrogens with one attached hydrogen (secondary N) is 1. The lowest BCUT2D eigenvalue weighted by atomic mass is 9.92. The Morgan fingerprint density at radius 3 is 2.52 bits per heavy atom. The molecule has 0 radical (unpaired) electrons. The molecular formula is C18H34N2O6S. The number of nitrogens with zero attached hydrogens (tertiary/aromatic N) is 1. The number of rotatable bonds is 7. The molecule has 2 heterocycles. The highest BCUT2D eigenvalue weighted by molar-refractivity contribution is 7.99. The highest BCUT2D eigenvalue weighted by Gasteiger charge is 2.48. The molecule has 1 unspecified atom stereocenters. The topological polar surface area (TPSA) is 122 Å². The summed E-state index contributed by atoms with van der Waals surface area (Å²) in [6.07, 6.45) is -1.50. The zero-order chi connectivity index (χ0) is 20.3. The summed E-state index contributed by atoms with van der Waals surface area (Å²) in [6, 6.07) is -1.20. The number of carbonyl (C=O) groups excluding carboxylic acids is 1. The Balaban J connectivity index is 2.09. The quantitative estimate of drug-likeness (QED) is 0.370. The molecular weight excluding hydrogens is 372 g/mol. The number of hydrogen-bond donors (Lipinski definition) is 5. The number of thioether (sulfide) groups is 1. The first-order chi connectivity index (χ1) is 12.7. The zero-order valence-electron chi connectivity index (χ0n) is 16.5. The van der Waals surface area contributed by atoms with Gasteiger partial charge in [0, 0.05) is 6.54 Å². The number of amides is 1. The van der Waals surface area contributed by atoms with E-state index in [0.29, 0.717) is 5.92 Å². The second-order valence-electron chi connectivity index (χ2n) is 7.80. The second kappa shape index (κ2) is 9.87. The lowest BCUT2D eigenvalue weighted by Gasteiger charge is -2.44. The largest absolute Gasteiger partial charge is 0.391 e. The molecule has 9 heteroatoms. The summed E-state index contributed by atoms with van der Waals surface area (Å²) in [5, 5.41) is 43.5. The lowest BCUT2D eigenvalue weighted by molar-refractivity contribution is -0.211. The molecule has 0 aromatic heterocycles. The van der Waals surface area contributed by atoms with Crippen LogP contribution in [0.25, 0.3) is 0 Å². The number of aliphatic hydroxyl groups is 4. The van der Waals surface area contributed by atoms with Gasteiger partial charge < -0.3 is 30.5 Å². The van der Waals surface area contributed by atoms with Gasteiger partial charge in [0.25, 0.3) is 0 Å². The molecule has 2 fully saturated rings. The molecule has 8 nitrogen and oxygen atoms in total. The summed E-state index contributed by atoms with van der Waals surface area (Å²) in [7, 11) is 1.91. The first kappa shape index (κ1) is 22.9. The fourth-order valence-electron chi connectivity index (χ4n) is 4.13. The summed E-state index contributed by atoms with van der Waals surface area (Å²) >= 11 is 1.20. The van der Waals surface area contributed by atoms with Gasteiger partial charge in [0.1, 0.15) is 29.9 Å². The van der Waals surface area contributed by atoms with E-state index >= 15 is 0 Å². The van der Waals surface area contributed by atoms with Crippen LogP contribution >= 0.6 is 11.8 Å². The van der Waals surface area contributed by atoms with Crippen LogP contribution in [0.1, 0.15) is 33.1 Å². The van der Waals surface area contributed by atoms with E-state index in [1.54, 1.807) is 6.26 Å². The van der Waals surface area contributed by atoms with Crippen molar-refractivity contribution in [3.05, 3.63) is 0 Å². The van der Waals surface area contributed by atoms with E-state index in [0.717, 1.165) is 25.8 Å². The molecule has 0 spiro atoms. The molecule has 2 saturated heterocycles. The Morgan fingerprint density at radius 1 is 1.30 bits per heavy atom. The Hall–Kier alpha value is -0.420. The predicted octanol–water partition coefficient (Wildman–Crippen LogP) is -0.857.